The standard InChI is InChI=1S/C23H30N2/c1-3-4-5-8-14-25-16-20-21(17-25)23(20,2)19-11-9-10-18(15-19)22-12-6-7-13-24-22/h6-7,9-13,15,20-21H,3-5,8,14,16-17H2,1-2H3. The lowest BCUT2D eigenvalue weighted by molar-refractivity contribution is 0.271. The molecule has 0 spiro atoms. The number of aromatic nitrogens is 1. The van der Waals surface area contributed by atoms with Gasteiger partial charge in [-0.05, 0) is 48.6 Å². The Kier molecular flexibility index (Phi) is 4.64. The molecule has 2 aromatic rings. The number of piperidine rings is 1. The third kappa shape index (κ3) is 3.13. The fourth-order valence-corrected chi connectivity index (χ4v) is 4.88. The van der Waals surface area contributed by atoms with Gasteiger partial charge in [-0.3, -0.25) is 4.98 Å². The fraction of sp³-hybridized carbons (Fsp3) is 0.522. The highest BCUT2D eigenvalue weighted by molar-refractivity contribution is 5.61. The molecule has 1 aliphatic carbocycles. The van der Waals surface area contributed by atoms with E-state index in [0.29, 0.717) is 5.41 Å². The molecule has 1 aliphatic heterocycles. The SMILES string of the molecule is CCCCCCN1CC2C(C1)C2(C)c1cccc(-c2ccccn2)c1. The van der Waals surface area contributed by atoms with Crippen LogP contribution in [0.15, 0.2) is 48.7 Å². The van der Waals surface area contributed by atoms with Crippen molar-refractivity contribution in [1.29, 1.82) is 0 Å². The molecule has 132 valence electrons. The Bertz CT molecular complexity index is 697. The van der Waals surface area contributed by atoms with Crippen LogP contribution in [0.5, 0.6) is 0 Å². The molecule has 2 heteroatoms. The third-order valence-electron chi connectivity index (χ3n) is 6.60. The van der Waals surface area contributed by atoms with Gasteiger partial charge in [0.25, 0.3) is 0 Å². The summed E-state index contributed by atoms with van der Waals surface area (Å²) in [5, 5.41) is 0. The Morgan fingerprint density at radius 1 is 1.04 bits per heavy atom. The lowest BCUT2D eigenvalue weighted by Gasteiger charge is -2.24. The molecule has 2 heterocycles. The van der Waals surface area contributed by atoms with Crippen molar-refractivity contribution in [2.75, 3.05) is 19.6 Å². The minimum Gasteiger partial charge on any atom is -0.303 e. The molecule has 2 aliphatic rings. The Morgan fingerprint density at radius 3 is 2.60 bits per heavy atom. The highest BCUT2D eigenvalue weighted by Crippen LogP contribution is 2.63. The Balaban J connectivity index is 1.41. The molecule has 1 saturated heterocycles. The molecule has 25 heavy (non-hydrogen) atoms. The number of hydrogen-bond acceptors (Lipinski definition) is 2. The van der Waals surface area contributed by atoms with Crippen LogP contribution < -0.4 is 0 Å². The van der Waals surface area contributed by atoms with Gasteiger partial charge in [-0.25, -0.2) is 0 Å². The lowest BCUT2D eigenvalue weighted by Crippen LogP contribution is -2.29. The van der Waals surface area contributed by atoms with E-state index in [1.54, 1.807) is 0 Å². The predicted molar refractivity (Wildman–Crippen MR) is 105 cm³/mol. The highest BCUT2D eigenvalue weighted by atomic mass is 15.2. The number of likely N-dealkylation sites (tertiary alicyclic amines) is 1. The zero-order valence-corrected chi connectivity index (χ0v) is 15.6. The van der Waals surface area contributed by atoms with E-state index in [0.717, 1.165) is 17.5 Å². The molecule has 1 aromatic heterocycles. The van der Waals surface area contributed by atoms with Crippen LogP contribution in [0.25, 0.3) is 11.3 Å². The van der Waals surface area contributed by atoms with E-state index >= 15 is 0 Å². The molecule has 2 nitrogen and oxygen atoms in total. The van der Waals surface area contributed by atoms with Crippen molar-refractivity contribution in [3.63, 3.8) is 0 Å². The van der Waals surface area contributed by atoms with Gasteiger partial charge in [0.2, 0.25) is 0 Å². The molecular weight excluding hydrogens is 304 g/mol. The third-order valence-corrected chi connectivity index (χ3v) is 6.60. The number of pyridine rings is 1. The van der Waals surface area contributed by atoms with Gasteiger partial charge in [0, 0.05) is 30.3 Å². The molecule has 1 saturated carbocycles. The summed E-state index contributed by atoms with van der Waals surface area (Å²) in [6.07, 6.45) is 7.37. The van der Waals surface area contributed by atoms with Gasteiger partial charge in [0.1, 0.15) is 0 Å². The maximum Gasteiger partial charge on any atom is 0.0702 e. The summed E-state index contributed by atoms with van der Waals surface area (Å²) in [6, 6.07) is 15.3. The molecule has 0 N–H and O–H groups in total. The summed E-state index contributed by atoms with van der Waals surface area (Å²) in [5.74, 6) is 1.69. The molecular formula is C23H30N2. The second kappa shape index (κ2) is 6.92. The Hall–Kier alpha value is -1.67. The van der Waals surface area contributed by atoms with Crippen LogP contribution in [-0.4, -0.2) is 29.5 Å². The first-order valence-electron chi connectivity index (χ1n) is 9.97. The van der Waals surface area contributed by atoms with Gasteiger partial charge < -0.3 is 4.90 Å². The smallest absolute Gasteiger partial charge is 0.0702 e. The van der Waals surface area contributed by atoms with Crippen molar-refractivity contribution in [3.8, 4) is 11.3 Å². The number of unbranched alkanes of at least 4 members (excludes halogenated alkanes) is 3. The number of benzene rings is 1. The van der Waals surface area contributed by atoms with Crippen LogP contribution in [0, 0.1) is 11.8 Å². The number of nitrogens with zero attached hydrogens (tertiary/aromatic N) is 2. The van der Waals surface area contributed by atoms with E-state index in [1.807, 2.05) is 12.3 Å². The first-order valence-corrected chi connectivity index (χ1v) is 9.97. The van der Waals surface area contributed by atoms with Gasteiger partial charge in [-0.15, -0.1) is 0 Å². The number of rotatable bonds is 7. The second-order valence-corrected chi connectivity index (χ2v) is 8.11. The summed E-state index contributed by atoms with van der Waals surface area (Å²) in [5.41, 5.74) is 4.22. The van der Waals surface area contributed by atoms with E-state index in [4.69, 9.17) is 0 Å². The normalized spacial score (nSPS) is 28.1. The van der Waals surface area contributed by atoms with Crippen molar-refractivity contribution in [2.24, 2.45) is 11.8 Å². The van der Waals surface area contributed by atoms with Crippen LogP contribution in [0.2, 0.25) is 0 Å². The largest absolute Gasteiger partial charge is 0.303 e. The van der Waals surface area contributed by atoms with Crippen molar-refractivity contribution in [3.05, 3.63) is 54.2 Å². The molecule has 2 atom stereocenters. The quantitative estimate of drug-likeness (QED) is 0.651. The van der Waals surface area contributed by atoms with Crippen molar-refractivity contribution in [2.45, 2.75) is 44.9 Å². The maximum absolute atomic E-state index is 4.52. The van der Waals surface area contributed by atoms with Crippen LogP contribution in [0.1, 0.15) is 45.1 Å². The summed E-state index contributed by atoms with van der Waals surface area (Å²) in [6.45, 7) is 8.66. The lowest BCUT2D eigenvalue weighted by atomic mass is 9.90. The number of fused-ring (bicyclic) bond motifs is 1. The monoisotopic (exact) mass is 334 g/mol. The van der Waals surface area contributed by atoms with Crippen molar-refractivity contribution in [1.82, 2.24) is 9.88 Å². The van der Waals surface area contributed by atoms with E-state index in [9.17, 15) is 0 Å². The first-order chi connectivity index (χ1) is 12.2. The van der Waals surface area contributed by atoms with Crippen LogP contribution >= 0.6 is 0 Å². The van der Waals surface area contributed by atoms with Gasteiger partial charge in [-0.1, -0.05) is 57.4 Å². The summed E-state index contributed by atoms with van der Waals surface area (Å²) in [7, 11) is 0. The van der Waals surface area contributed by atoms with Crippen LogP contribution in [0.3, 0.4) is 0 Å². The summed E-state index contributed by atoms with van der Waals surface area (Å²) in [4.78, 5) is 7.22. The molecule has 4 rings (SSSR count). The van der Waals surface area contributed by atoms with Crippen LogP contribution in [0.4, 0.5) is 0 Å². The maximum atomic E-state index is 4.52. The predicted octanol–water partition coefficient (Wildman–Crippen LogP) is 5.15. The highest BCUT2D eigenvalue weighted by Gasteiger charge is 2.65. The van der Waals surface area contributed by atoms with E-state index < -0.39 is 0 Å². The summed E-state index contributed by atoms with van der Waals surface area (Å²) >= 11 is 0. The Labute approximate surface area is 152 Å². The zero-order valence-electron chi connectivity index (χ0n) is 15.6. The molecule has 1 aromatic carbocycles. The Morgan fingerprint density at radius 2 is 1.88 bits per heavy atom. The molecule has 2 unspecified atom stereocenters. The molecule has 0 bridgehead atoms. The topological polar surface area (TPSA) is 16.1 Å². The molecule has 2 fully saturated rings. The van der Waals surface area contributed by atoms with Gasteiger partial charge in [0.15, 0.2) is 0 Å². The van der Waals surface area contributed by atoms with E-state index in [2.05, 4.69) is 60.1 Å². The van der Waals surface area contributed by atoms with Crippen molar-refractivity contribution < 1.29 is 0 Å². The van der Waals surface area contributed by atoms with Gasteiger partial charge in [-0.2, -0.15) is 0 Å². The van der Waals surface area contributed by atoms with E-state index in [1.165, 1.54) is 56.4 Å². The van der Waals surface area contributed by atoms with Crippen LogP contribution in [-0.2, 0) is 5.41 Å². The van der Waals surface area contributed by atoms with Crippen molar-refractivity contribution >= 4 is 0 Å². The number of hydrogen-bond donors (Lipinski definition) is 0. The minimum absolute atomic E-state index is 0.380. The zero-order chi connectivity index (χ0) is 17.3. The molecule has 0 amide bonds. The van der Waals surface area contributed by atoms with E-state index in [-0.39, 0.29) is 0 Å². The average molecular weight is 335 g/mol. The summed E-state index contributed by atoms with van der Waals surface area (Å²) < 4.78 is 0. The first kappa shape index (κ1) is 16.8. The van der Waals surface area contributed by atoms with Gasteiger partial charge in [0.05, 0.1) is 5.69 Å². The van der Waals surface area contributed by atoms with Gasteiger partial charge >= 0.3 is 0 Å². The minimum atomic E-state index is 0.380. The second-order valence-electron chi connectivity index (χ2n) is 8.11. The molecule has 0 radical (unpaired) electrons. The average Bonchev–Trinajstić information content (AvgIpc) is 3.02. The fourth-order valence-electron chi connectivity index (χ4n) is 4.88.